The van der Waals surface area contributed by atoms with Gasteiger partial charge in [0.15, 0.2) is 0 Å². The average Bonchev–Trinajstić information content (AvgIpc) is 3.33. The molecule has 0 aliphatic carbocycles. The molecular weight excluding hydrogens is 364 g/mol. The molecule has 2 aliphatic heterocycles. The van der Waals surface area contributed by atoms with E-state index < -0.39 is 0 Å². The Balaban J connectivity index is 1.39. The topological polar surface area (TPSA) is 85.2 Å². The highest BCUT2D eigenvalue weighted by molar-refractivity contribution is 7.09. The molecule has 0 atom stereocenters. The molecule has 0 saturated carbocycles. The molecule has 4 rings (SSSR count). The van der Waals surface area contributed by atoms with Crippen molar-refractivity contribution in [1.82, 2.24) is 30.0 Å². The van der Waals surface area contributed by atoms with E-state index in [1.165, 1.54) is 5.01 Å². The predicted molar refractivity (Wildman–Crippen MR) is 102 cm³/mol. The van der Waals surface area contributed by atoms with E-state index in [4.69, 9.17) is 4.74 Å². The molecule has 1 fully saturated rings. The first-order valence-corrected chi connectivity index (χ1v) is 10.4. The molecular formula is C18H26N6O2S. The molecule has 0 unspecified atom stereocenters. The molecule has 8 nitrogen and oxygen atoms in total. The number of ether oxygens (including phenoxy) is 1. The summed E-state index contributed by atoms with van der Waals surface area (Å²) < 4.78 is 7.04. The maximum atomic E-state index is 12.4. The summed E-state index contributed by atoms with van der Waals surface area (Å²) in [6.07, 6.45) is 6.17. The number of piperidine rings is 1. The fourth-order valence-corrected chi connectivity index (χ4v) is 4.77. The molecule has 4 heterocycles. The van der Waals surface area contributed by atoms with Gasteiger partial charge >= 0.3 is 0 Å². The number of nitrogens with one attached hydrogen (secondary N) is 1. The molecule has 146 valence electrons. The molecule has 1 saturated heterocycles. The standard InChI is InChI=1S/C18H26N6O2S/c1-26-10-6-20-17(25)16-22-21-14-2-3-18(13-24(14)16)4-8-23(9-5-18)12-15-19-7-11-27-15/h7,11H,2-6,8-10,12-13H2,1H3,(H,20,25). The number of hydrogen-bond donors (Lipinski definition) is 1. The van der Waals surface area contributed by atoms with Gasteiger partial charge in [-0.2, -0.15) is 0 Å². The number of likely N-dealkylation sites (tertiary alicyclic amines) is 1. The summed E-state index contributed by atoms with van der Waals surface area (Å²) in [7, 11) is 1.62. The van der Waals surface area contributed by atoms with Gasteiger partial charge in [-0.3, -0.25) is 9.69 Å². The van der Waals surface area contributed by atoms with Crippen molar-refractivity contribution in [3.63, 3.8) is 0 Å². The lowest BCUT2D eigenvalue weighted by Gasteiger charge is -2.44. The van der Waals surface area contributed by atoms with Crippen molar-refractivity contribution in [1.29, 1.82) is 0 Å². The van der Waals surface area contributed by atoms with Crippen LogP contribution in [-0.4, -0.2) is 63.9 Å². The first-order valence-electron chi connectivity index (χ1n) is 9.49. The van der Waals surface area contributed by atoms with Gasteiger partial charge in [0, 0.05) is 38.2 Å². The number of carbonyl (C=O) groups excluding carboxylic acids is 1. The van der Waals surface area contributed by atoms with Crippen LogP contribution in [0.1, 0.15) is 40.7 Å². The zero-order valence-corrected chi connectivity index (χ0v) is 16.5. The van der Waals surface area contributed by atoms with Crippen LogP contribution in [0.4, 0.5) is 0 Å². The number of thiazole rings is 1. The molecule has 9 heteroatoms. The Morgan fingerprint density at radius 1 is 1.33 bits per heavy atom. The third kappa shape index (κ3) is 4.04. The second-order valence-corrected chi connectivity index (χ2v) is 8.46. The minimum absolute atomic E-state index is 0.163. The van der Waals surface area contributed by atoms with E-state index >= 15 is 0 Å². The second kappa shape index (κ2) is 8.04. The fourth-order valence-electron chi connectivity index (χ4n) is 4.11. The number of amides is 1. The maximum Gasteiger partial charge on any atom is 0.289 e. The third-order valence-electron chi connectivity index (χ3n) is 5.75. The van der Waals surface area contributed by atoms with Crippen LogP contribution in [0.5, 0.6) is 0 Å². The molecule has 27 heavy (non-hydrogen) atoms. The quantitative estimate of drug-likeness (QED) is 0.750. The third-order valence-corrected chi connectivity index (χ3v) is 6.52. The maximum absolute atomic E-state index is 12.4. The molecule has 2 aliphatic rings. The minimum Gasteiger partial charge on any atom is -0.383 e. The van der Waals surface area contributed by atoms with E-state index in [0.29, 0.717) is 19.0 Å². The number of rotatable bonds is 6. The summed E-state index contributed by atoms with van der Waals surface area (Å²) in [4.78, 5) is 19.3. The number of fused-ring (bicyclic) bond motifs is 1. The van der Waals surface area contributed by atoms with Crippen molar-refractivity contribution in [2.45, 2.75) is 38.8 Å². The van der Waals surface area contributed by atoms with Crippen LogP contribution in [0.2, 0.25) is 0 Å². The molecule has 0 radical (unpaired) electrons. The van der Waals surface area contributed by atoms with Gasteiger partial charge in [0.25, 0.3) is 5.91 Å². The van der Waals surface area contributed by atoms with Gasteiger partial charge in [-0.25, -0.2) is 4.98 Å². The van der Waals surface area contributed by atoms with Crippen molar-refractivity contribution in [2.24, 2.45) is 5.41 Å². The average molecular weight is 391 g/mol. The number of aryl methyl sites for hydroxylation is 1. The number of hydrogen-bond acceptors (Lipinski definition) is 7. The Kier molecular flexibility index (Phi) is 5.51. The first-order chi connectivity index (χ1) is 13.2. The summed E-state index contributed by atoms with van der Waals surface area (Å²) in [5, 5.41) is 14.5. The van der Waals surface area contributed by atoms with E-state index in [2.05, 4.69) is 25.4 Å². The number of carbonyl (C=O) groups is 1. The highest BCUT2D eigenvalue weighted by Gasteiger charge is 2.39. The zero-order valence-electron chi connectivity index (χ0n) is 15.7. The molecule has 2 aromatic heterocycles. The van der Waals surface area contributed by atoms with Gasteiger partial charge in [0.05, 0.1) is 13.2 Å². The molecule has 0 bridgehead atoms. The van der Waals surface area contributed by atoms with Gasteiger partial charge in [-0.05, 0) is 37.8 Å². The Morgan fingerprint density at radius 2 is 2.19 bits per heavy atom. The van der Waals surface area contributed by atoms with Gasteiger partial charge in [0.2, 0.25) is 5.82 Å². The molecule has 0 aromatic carbocycles. The predicted octanol–water partition coefficient (Wildman–Crippen LogP) is 1.34. The van der Waals surface area contributed by atoms with Crippen LogP contribution < -0.4 is 5.32 Å². The Morgan fingerprint density at radius 3 is 2.93 bits per heavy atom. The van der Waals surface area contributed by atoms with E-state index in [-0.39, 0.29) is 11.3 Å². The smallest absolute Gasteiger partial charge is 0.289 e. The molecule has 2 aromatic rings. The van der Waals surface area contributed by atoms with Crippen LogP contribution in [0.25, 0.3) is 0 Å². The van der Waals surface area contributed by atoms with Crippen LogP contribution >= 0.6 is 11.3 Å². The summed E-state index contributed by atoms with van der Waals surface area (Å²) in [5.74, 6) is 1.21. The van der Waals surface area contributed by atoms with Gasteiger partial charge in [-0.1, -0.05) is 0 Å². The fraction of sp³-hybridized carbons (Fsp3) is 0.667. The van der Waals surface area contributed by atoms with Crippen LogP contribution in [0.3, 0.4) is 0 Å². The van der Waals surface area contributed by atoms with Gasteiger partial charge in [-0.15, -0.1) is 21.5 Å². The first kappa shape index (κ1) is 18.5. The Labute approximate surface area is 162 Å². The largest absolute Gasteiger partial charge is 0.383 e. The van der Waals surface area contributed by atoms with Crippen LogP contribution in [0.15, 0.2) is 11.6 Å². The summed E-state index contributed by atoms with van der Waals surface area (Å²) >= 11 is 1.72. The molecule has 1 N–H and O–H groups in total. The number of methoxy groups -OCH3 is 1. The molecule has 1 spiro atoms. The van der Waals surface area contributed by atoms with E-state index in [1.807, 2.05) is 16.1 Å². The highest BCUT2D eigenvalue weighted by Crippen LogP contribution is 2.41. The normalized spacial score (nSPS) is 19.1. The lowest BCUT2D eigenvalue weighted by Crippen LogP contribution is -2.44. The van der Waals surface area contributed by atoms with Crippen LogP contribution in [0, 0.1) is 5.41 Å². The van der Waals surface area contributed by atoms with E-state index in [9.17, 15) is 4.79 Å². The lowest BCUT2D eigenvalue weighted by molar-refractivity contribution is 0.0617. The minimum atomic E-state index is -0.163. The van der Waals surface area contributed by atoms with Crippen molar-refractivity contribution in [3.8, 4) is 0 Å². The van der Waals surface area contributed by atoms with Crippen molar-refractivity contribution in [3.05, 3.63) is 28.2 Å². The number of nitrogens with zero attached hydrogens (tertiary/aromatic N) is 5. The number of aromatic nitrogens is 4. The van der Waals surface area contributed by atoms with E-state index in [1.54, 1.807) is 18.4 Å². The van der Waals surface area contributed by atoms with Crippen LogP contribution in [-0.2, 0) is 24.2 Å². The van der Waals surface area contributed by atoms with Crippen molar-refractivity contribution < 1.29 is 9.53 Å². The highest BCUT2D eigenvalue weighted by atomic mass is 32.1. The summed E-state index contributed by atoms with van der Waals surface area (Å²) in [5.41, 5.74) is 0.246. The zero-order chi connectivity index (χ0) is 18.7. The van der Waals surface area contributed by atoms with Gasteiger partial charge < -0.3 is 14.6 Å². The van der Waals surface area contributed by atoms with Crippen molar-refractivity contribution >= 4 is 17.2 Å². The summed E-state index contributed by atoms with van der Waals surface area (Å²) in [6.45, 7) is 4.91. The SMILES string of the molecule is COCCNC(=O)c1nnc2n1CC1(CC2)CCN(Cc2nccs2)CC1. The van der Waals surface area contributed by atoms with Gasteiger partial charge in [0.1, 0.15) is 10.8 Å². The van der Waals surface area contributed by atoms with E-state index in [0.717, 1.165) is 57.7 Å². The Bertz CT molecular complexity index is 767. The monoisotopic (exact) mass is 390 g/mol. The molecule has 1 amide bonds. The van der Waals surface area contributed by atoms with Crippen molar-refractivity contribution in [2.75, 3.05) is 33.4 Å². The second-order valence-electron chi connectivity index (χ2n) is 7.48. The summed E-state index contributed by atoms with van der Waals surface area (Å²) in [6, 6.07) is 0. The Hall–Kier alpha value is -1.84. The lowest BCUT2D eigenvalue weighted by atomic mass is 9.73.